The molecule has 0 aliphatic heterocycles. The van der Waals surface area contributed by atoms with Crippen LogP contribution in [0.15, 0.2) is 5.03 Å². The third-order valence-electron chi connectivity index (χ3n) is 3.29. The molecule has 108 valence electrons. The molecular weight excluding hydrogens is 270 g/mol. The van der Waals surface area contributed by atoms with E-state index >= 15 is 0 Å². The summed E-state index contributed by atoms with van der Waals surface area (Å²) in [5.41, 5.74) is -0.0838. The van der Waals surface area contributed by atoms with Gasteiger partial charge in [0.25, 0.3) is 10.0 Å². The van der Waals surface area contributed by atoms with E-state index in [4.69, 9.17) is 5.11 Å². The van der Waals surface area contributed by atoms with Crippen molar-refractivity contribution in [3.05, 3.63) is 11.3 Å². The summed E-state index contributed by atoms with van der Waals surface area (Å²) >= 11 is 0. The Labute approximate surface area is 112 Å². The van der Waals surface area contributed by atoms with Gasteiger partial charge in [0.1, 0.15) is 5.56 Å². The van der Waals surface area contributed by atoms with Crippen molar-refractivity contribution in [3.63, 3.8) is 0 Å². The number of sulfonamides is 1. The average Bonchev–Trinajstić information content (AvgIpc) is 2.69. The quantitative estimate of drug-likeness (QED) is 0.844. The molecule has 1 aromatic rings. The lowest BCUT2D eigenvalue weighted by Gasteiger charge is -2.26. The zero-order valence-corrected chi connectivity index (χ0v) is 12.4. The molecule has 1 rings (SSSR count). The fraction of sp³-hybridized carbons (Fsp3) is 0.636. The number of aryl methyl sites for hydroxylation is 1. The van der Waals surface area contributed by atoms with Crippen LogP contribution >= 0.6 is 0 Å². The van der Waals surface area contributed by atoms with Crippen molar-refractivity contribution in [3.8, 4) is 0 Å². The Bertz CT molecular complexity index is 577. The van der Waals surface area contributed by atoms with Gasteiger partial charge in [-0.15, -0.1) is 0 Å². The molecule has 2 N–H and O–H groups in total. The van der Waals surface area contributed by atoms with E-state index in [0.717, 1.165) is 4.31 Å². The molecule has 0 spiro atoms. The lowest BCUT2D eigenvalue weighted by Crippen LogP contribution is -2.38. The Hall–Kier alpha value is -1.41. The molecule has 1 atom stereocenters. The molecule has 0 aromatic carbocycles. The number of carboxylic acid groups (broad SMARTS) is 1. The number of aromatic carboxylic acids is 1. The summed E-state index contributed by atoms with van der Waals surface area (Å²) in [6.07, 6.45) is 0. The Morgan fingerprint density at radius 1 is 1.37 bits per heavy atom. The van der Waals surface area contributed by atoms with E-state index in [0.29, 0.717) is 0 Å². The lowest BCUT2D eigenvalue weighted by molar-refractivity contribution is 0.0691. The van der Waals surface area contributed by atoms with Crippen LogP contribution < -0.4 is 0 Å². The van der Waals surface area contributed by atoms with Gasteiger partial charge in [-0.3, -0.25) is 5.10 Å². The topological polar surface area (TPSA) is 103 Å². The van der Waals surface area contributed by atoms with Crippen molar-refractivity contribution < 1.29 is 18.3 Å². The number of hydrogen-bond acceptors (Lipinski definition) is 4. The summed E-state index contributed by atoms with van der Waals surface area (Å²) in [6.45, 7) is 7.03. The van der Waals surface area contributed by atoms with Crippen LogP contribution in [-0.4, -0.2) is 47.1 Å². The van der Waals surface area contributed by atoms with E-state index in [1.54, 1.807) is 6.92 Å². The molecule has 0 fully saturated rings. The summed E-state index contributed by atoms with van der Waals surface area (Å²) in [5, 5.41) is 14.7. The number of carboxylic acids is 1. The number of aromatic nitrogens is 2. The first-order valence-corrected chi connectivity index (χ1v) is 7.31. The molecule has 7 nitrogen and oxygen atoms in total. The lowest BCUT2D eigenvalue weighted by atomic mass is 10.1. The molecule has 0 bridgehead atoms. The molecule has 0 saturated carbocycles. The fourth-order valence-corrected chi connectivity index (χ4v) is 3.23. The van der Waals surface area contributed by atoms with Crippen LogP contribution in [0.4, 0.5) is 0 Å². The van der Waals surface area contributed by atoms with Gasteiger partial charge in [0.05, 0.1) is 0 Å². The maximum absolute atomic E-state index is 12.4. The normalized spacial score (nSPS) is 14.1. The van der Waals surface area contributed by atoms with Gasteiger partial charge >= 0.3 is 5.97 Å². The monoisotopic (exact) mass is 289 g/mol. The predicted molar refractivity (Wildman–Crippen MR) is 69.5 cm³/mol. The second-order valence-electron chi connectivity index (χ2n) is 4.84. The first-order valence-electron chi connectivity index (χ1n) is 5.87. The number of hydrogen-bond donors (Lipinski definition) is 2. The highest BCUT2D eigenvalue weighted by Gasteiger charge is 2.34. The van der Waals surface area contributed by atoms with Gasteiger partial charge in [-0.1, -0.05) is 13.8 Å². The van der Waals surface area contributed by atoms with Gasteiger partial charge in [0.15, 0.2) is 0 Å². The van der Waals surface area contributed by atoms with Gasteiger partial charge in [0.2, 0.25) is 5.03 Å². The molecular formula is C11H19N3O4S. The van der Waals surface area contributed by atoms with Crippen molar-refractivity contribution in [2.24, 2.45) is 5.92 Å². The number of rotatable bonds is 5. The molecule has 0 aliphatic carbocycles. The Morgan fingerprint density at radius 2 is 1.89 bits per heavy atom. The fourth-order valence-electron chi connectivity index (χ4n) is 1.62. The SMILES string of the molecule is Cc1[nH]nc(S(=O)(=O)N(C)C(C)C(C)C)c1C(=O)O. The average molecular weight is 289 g/mol. The number of nitrogens with one attached hydrogen (secondary N) is 1. The maximum atomic E-state index is 12.4. The van der Waals surface area contributed by atoms with E-state index in [1.165, 1.54) is 14.0 Å². The molecule has 1 unspecified atom stereocenters. The molecule has 1 aromatic heterocycles. The summed E-state index contributed by atoms with van der Waals surface area (Å²) < 4.78 is 25.9. The minimum Gasteiger partial charge on any atom is -0.478 e. The summed E-state index contributed by atoms with van der Waals surface area (Å²) in [4.78, 5) is 11.1. The third kappa shape index (κ3) is 2.79. The highest BCUT2D eigenvalue weighted by atomic mass is 32.2. The largest absolute Gasteiger partial charge is 0.478 e. The van der Waals surface area contributed by atoms with Crippen LogP contribution in [0.2, 0.25) is 0 Å². The first kappa shape index (κ1) is 15.6. The smallest absolute Gasteiger partial charge is 0.340 e. The van der Waals surface area contributed by atoms with Crippen molar-refractivity contribution in [1.29, 1.82) is 0 Å². The Kier molecular flexibility index (Phi) is 4.36. The molecule has 0 amide bonds. The highest BCUT2D eigenvalue weighted by Crippen LogP contribution is 2.23. The Morgan fingerprint density at radius 3 is 2.32 bits per heavy atom. The maximum Gasteiger partial charge on any atom is 0.340 e. The zero-order valence-electron chi connectivity index (χ0n) is 11.6. The van der Waals surface area contributed by atoms with Crippen molar-refractivity contribution >= 4 is 16.0 Å². The third-order valence-corrected chi connectivity index (χ3v) is 5.16. The van der Waals surface area contributed by atoms with Crippen molar-refractivity contribution in [2.45, 2.75) is 38.8 Å². The van der Waals surface area contributed by atoms with Crippen LogP contribution in [-0.2, 0) is 10.0 Å². The number of carbonyl (C=O) groups is 1. The van der Waals surface area contributed by atoms with E-state index in [1.807, 2.05) is 13.8 Å². The van der Waals surface area contributed by atoms with Crippen LogP contribution in [0.5, 0.6) is 0 Å². The zero-order chi connectivity index (χ0) is 15.0. The second-order valence-corrected chi connectivity index (χ2v) is 6.75. The molecule has 0 saturated heterocycles. The first-order chi connectivity index (χ1) is 8.60. The summed E-state index contributed by atoms with van der Waals surface area (Å²) in [7, 11) is -2.50. The van der Waals surface area contributed by atoms with Gasteiger partial charge in [-0.2, -0.15) is 9.40 Å². The van der Waals surface area contributed by atoms with Gasteiger partial charge in [-0.05, 0) is 19.8 Å². The van der Waals surface area contributed by atoms with Crippen LogP contribution in [0, 0.1) is 12.8 Å². The predicted octanol–water partition coefficient (Wildman–Crippen LogP) is 1.08. The van der Waals surface area contributed by atoms with Crippen LogP contribution in [0.3, 0.4) is 0 Å². The molecule has 19 heavy (non-hydrogen) atoms. The Balaban J connectivity index is 3.33. The highest BCUT2D eigenvalue weighted by molar-refractivity contribution is 7.89. The van der Waals surface area contributed by atoms with E-state index < -0.39 is 21.0 Å². The molecule has 8 heteroatoms. The van der Waals surface area contributed by atoms with E-state index in [9.17, 15) is 13.2 Å². The summed E-state index contributed by atoms with van der Waals surface area (Å²) in [6, 6.07) is -0.261. The number of H-pyrrole nitrogens is 1. The standard InChI is InChI=1S/C11H19N3O4S/c1-6(2)8(4)14(5)19(17,18)10-9(11(15)16)7(3)12-13-10/h6,8H,1-5H3,(H,12,13)(H,15,16). The van der Waals surface area contributed by atoms with Crippen molar-refractivity contribution in [1.82, 2.24) is 14.5 Å². The molecule has 1 heterocycles. The molecule has 0 aliphatic rings. The van der Waals surface area contributed by atoms with E-state index in [2.05, 4.69) is 10.2 Å². The van der Waals surface area contributed by atoms with Gasteiger partial charge < -0.3 is 5.11 Å². The van der Waals surface area contributed by atoms with Crippen LogP contribution in [0.25, 0.3) is 0 Å². The van der Waals surface area contributed by atoms with E-state index in [-0.39, 0.29) is 23.2 Å². The van der Waals surface area contributed by atoms with Gasteiger partial charge in [-0.25, -0.2) is 13.2 Å². The van der Waals surface area contributed by atoms with Crippen LogP contribution in [0.1, 0.15) is 36.8 Å². The summed E-state index contributed by atoms with van der Waals surface area (Å²) in [5.74, 6) is -1.21. The molecule has 0 radical (unpaired) electrons. The second kappa shape index (κ2) is 5.30. The van der Waals surface area contributed by atoms with Gasteiger partial charge in [0, 0.05) is 18.8 Å². The minimum atomic E-state index is -3.93. The van der Waals surface area contributed by atoms with Crippen molar-refractivity contribution in [2.75, 3.05) is 7.05 Å². The number of aromatic amines is 1. The number of nitrogens with zero attached hydrogens (tertiary/aromatic N) is 2. The minimum absolute atomic E-state index is 0.105.